The van der Waals surface area contributed by atoms with Gasteiger partial charge in [0.1, 0.15) is 5.75 Å². The van der Waals surface area contributed by atoms with Crippen molar-refractivity contribution in [1.82, 2.24) is 4.98 Å². The van der Waals surface area contributed by atoms with Gasteiger partial charge in [-0.15, -0.1) is 0 Å². The number of aryl methyl sites for hydroxylation is 1. The third kappa shape index (κ3) is 1.99. The fourth-order valence-electron chi connectivity index (χ4n) is 1.57. The van der Waals surface area contributed by atoms with Crippen LogP contribution in [0.4, 0.5) is 0 Å². The summed E-state index contributed by atoms with van der Waals surface area (Å²) in [5.41, 5.74) is 3.60. The Kier molecular flexibility index (Phi) is 2.68. The van der Waals surface area contributed by atoms with E-state index in [9.17, 15) is 0 Å². The van der Waals surface area contributed by atoms with Gasteiger partial charge in [-0.3, -0.25) is 4.98 Å². The number of nitrogens with zero attached hydrogens (tertiary/aromatic N) is 1. The van der Waals surface area contributed by atoms with E-state index in [1.54, 1.807) is 19.5 Å². The highest BCUT2D eigenvalue weighted by molar-refractivity contribution is 5.68. The van der Waals surface area contributed by atoms with E-state index in [1.807, 2.05) is 24.3 Å². The van der Waals surface area contributed by atoms with Crippen LogP contribution in [-0.4, -0.2) is 12.1 Å². The fraction of sp³-hybridized carbons (Fsp3) is 0.154. The number of benzene rings is 1. The molecule has 0 unspecified atom stereocenters. The second-order valence-electron chi connectivity index (χ2n) is 3.42. The van der Waals surface area contributed by atoms with Crippen LogP contribution in [0.3, 0.4) is 0 Å². The van der Waals surface area contributed by atoms with Crippen LogP contribution in [0.2, 0.25) is 0 Å². The number of hydrogen-bond acceptors (Lipinski definition) is 2. The number of hydrogen-bond donors (Lipinski definition) is 0. The van der Waals surface area contributed by atoms with E-state index < -0.39 is 0 Å². The molecule has 0 bridgehead atoms. The van der Waals surface area contributed by atoms with Crippen LogP contribution in [0.1, 0.15) is 5.56 Å². The summed E-state index contributed by atoms with van der Waals surface area (Å²) in [6, 6.07) is 10.1. The normalized spacial score (nSPS) is 10.0. The number of rotatable bonds is 2. The average molecular weight is 199 g/mol. The summed E-state index contributed by atoms with van der Waals surface area (Å²) in [5, 5.41) is 0. The van der Waals surface area contributed by atoms with Gasteiger partial charge in [0.15, 0.2) is 0 Å². The zero-order valence-corrected chi connectivity index (χ0v) is 8.90. The molecule has 0 aliphatic heterocycles. The first-order chi connectivity index (χ1) is 7.31. The Morgan fingerprint density at radius 1 is 1.07 bits per heavy atom. The minimum Gasteiger partial charge on any atom is -0.497 e. The Balaban J connectivity index is 2.52. The Bertz CT molecular complexity index is 451. The molecule has 0 aliphatic carbocycles. The highest BCUT2D eigenvalue weighted by Crippen LogP contribution is 2.26. The molecule has 1 aromatic heterocycles. The maximum absolute atomic E-state index is 5.22. The topological polar surface area (TPSA) is 22.1 Å². The minimum atomic E-state index is 0.882. The number of ether oxygens (including phenoxy) is 1. The van der Waals surface area contributed by atoms with Gasteiger partial charge in [0.25, 0.3) is 0 Å². The fourth-order valence-corrected chi connectivity index (χ4v) is 1.57. The Morgan fingerprint density at radius 3 is 2.47 bits per heavy atom. The lowest BCUT2D eigenvalue weighted by molar-refractivity contribution is 0.415. The Morgan fingerprint density at radius 2 is 1.80 bits per heavy atom. The number of aromatic nitrogens is 1. The van der Waals surface area contributed by atoms with Gasteiger partial charge in [0.05, 0.1) is 7.11 Å². The van der Waals surface area contributed by atoms with Crippen LogP contribution in [0.15, 0.2) is 42.7 Å². The van der Waals surface area contributed by atoms with Gasteiger partial charge in [-0.05, 0) is 47.9 Å². The average Bonchev–Trinajstić information content (AvgIpc) is 2.31. The van der Waals surface area contributed by atoms with Crippen molar-refractivity contribution in [2.24, 2.45) is 0 Å². The highest BCUT2D eigenvalue weighted by Gasteiger charge is 2.02. The van der Waals surface area contributed by atoms with Crippen molar-refractivity contribution in [3.8, 4) is 16.9 Å². The van der Waals surface area contributed by atoms with Crippen LogP contribution < -0.4 is 4.74 Å². The van der Waals surface area contributed by atoms with Gasteiger partial charge >= 0.3 is 0 Å². The predicted molar refractivity (Wildman–Crippen MR) is 61.0 cm³/mol. The van der Waals surface area contributed by atoms with Crippen molar-refractivity contribution in [2.45, 2.75) is 6.92 Å². The van der Waals surface area contributed by atoms with Gasteiger partial charge in [0.2, 0.25) is 0 Å². The quantitative estimate of drug-likeness (QED) is 0.741. The van der Waals surface area contributed by atoms with Crippen LogP contribution in [0.5, 0.6) is 5.75 Å². The lowest BCUT2D eigenvalue weighted by Crippen LogP contribution is -1.87. The van der Waals surface area contributed by atoms with Crippen LogP contribution in [0, 0.1) is 6.92 Å². The Hall–Kier alpha value is -1.83. The van der Waals surface area contributed by atoms with Crippen molar-refractivity contribution >= 4 is 0 Å². The summed E-state index contributed by atoms with van der Waals surface area (Å²) in [5.74, 6) is 0.882. The maximum Gasteiger partial charge on any atom is 0.119 e. The summed E-state index contributed by atoms with van der Waals surface area (Å²) >= 11 is 0. The molecule has 0 spiro atoms. The third-order valence-corrected chi connectivity index (χ3v) is 2.44. The molecule has 0 radical (unpaired) electrons. The molecule has 2 heteroatoms. The van der Waals surface area contributed by atoms with Gasteiger partial charge in [-0.2, -0.15) is 0 Å². The second kappa shape index (κ2) is 4.13. The van der Waals surface area contributed by atoms with E-state index in [2.05, 4.69) is 18.0 Å². The summed E-state index contributed by atoms with van der Waals surface area (Å²) in [4.78, 5) is 4.01. The first kappa shape index (κ1) is 9.71. The van der Waals surface area contributed by atoms with Crippen LogP contribution in [0.25, 0.3) is 11.1 Å². The molecule has 0 saturated heterocycles. The molecule has 2 aromatic rings. The van der Waals surface area contributed by atoms with Gasteiger partial charge < -0.3 is 4.74 Å². The highest BCUT2D eigenvalue weighted by atomic mass is 16.5. The van der Waals surface area contributed by atoms with Gasteiger partial charge in [-0.1, -0.05) is 6.07 Å². The molecule has 1 aromatic carbocycles. The van der Waals surface area contributed by atoms with Crippen molar-refractivity contribution in [1.29, 1.82) is 0 Å². The minimum absolute atomic E-state index is 0.882. The molecule has 0 amide bonds. The summed E-state index contributed by atoms with van der Waals surface area (Å²) in [6.07, 6.45) is 3.60. The van der Waals surface area contributed by atoms with Gasteiger partial charge in [0, 0.05) is 12.4 Å². The van der Waals surface area contributed by atoms with Crippen molar-refractivity contribution in [3.63, 3.8) is 0 Å². The molecular formula is C13H13NO. The van der Waals surface area contributed by atoms with E-state index in [-0.39, 0.29) is 0 Å². The zero-order valence-electron chi connectivity index (χ0n) is 8.90. The summed E-state index contributed by atoms with van der Waals surface area (Å²) in [7, 11) is 1.68. The molecule has 76 valence electrons. The van der Waals surface area contributed by atoms with Crippen LogP contribution >= 0.6 is 0 Å². The number of methoxy groups -OCH3 is 1. The molecule has 1 heterocycles. The van der Waals surface area contributed by atoms with Crippen molar-refractivity contribution < 1.29 is 4.74 Å². The summed E-state index contributed by atoms with van der Waals surface area (Å²) < 4.78 is 5.22. The SMILES string of the molecule is COc1ccc(C)c(-c2ccncc2)c1. The van der Waals surface area contributed by atoms with Crippen LogP contribution in [-0.2, 0) is 0 Å². The smallest absolute Gasteiger partial charge is 0.119 e. The van der Waals surface area contributed by atoms with E-state index >= 15 is 0 Å². The van der Waals surface area contributed by atoms with Gasteiger partial charge in [-0.25, -0.2) is 0 Å². The predicted octanol–water partition coefficient (Wildman–Crippen LogP) is 3.07. The standard InChI is InChI=1S/C13H13NO/c1-10-3-4-12(15-2)9-13(10)11-5-7-14-8-6-11/h3-9H,1-2H3. The summed E-state index contributed by atoms with van der Waals surface area (Å²) in [6.45, 7) is 2.09. The molecule has 0 N–H and O–H groups in total. The van der Waals surface area contributed by atoms with E-state index in [1.165, 1.54) is 16.7 Å². The first-order valence-corrected chi connectivity index (χ1v) is 4.86. The Labute approximate surface area is 89.6 Å². The monoisotopic (exact) mass is 199 g/mol. The molecule has 2 nitrogen and oxygen atoms in total. The molecule has 15 heavy (non-hydrogen) atoms. The van der Waals surface area contributed by atoms with E-state index in [0.717, 1.165) is 5.75 Å². The number of pyridine rings is 1. The molecule has 2 rings (SSSR count). The lowest BCUT2D eigenvalue weighted by Gasteiger charge is -2.08. The maximum atomic E-state index is 5.22. The third-order valence-electron chi connectivity index (χ3n) is 2.44. The molecule has 0 aliphatic rings. The second-order valence-corrected chi connectivity index (χ2v) is 3.42. The first-order valence-electron chi connectivity index (χ1n) is 4.86. The van der Waals surface area contributed by atoms with Crippen molar-refractivity contribution in [3.05, 3.63) is 48.3 Å². The molecule has 0 atom stereocenters. The molecular weight excluding hydrogens is 186 g/mol. The van der Waals surface area contributed by atoms with E-state index in [4.69, 9.17) is 4.74 Å². The lowest BCUT2D eigenvalue weighted by atomic mass is 10.0. The zero-order chi connectivity index (χ0) is 10.7. The largest absolute Gasteiger partial charge is 0.497 e. The molecule has 0 saturated carbocycles. The molecule has 0 fully saturated rings. The van der Waals surface area contributed by atoms with E-state index in [0.29, 0.717) is 0 Å². The van der Waals surface area contributed by atoms with Crippen molar-refractivity contribution in [2.75, 3.05) is 7.11 Å².